The van der Waals surface area contributed by atoms with E-state index in [1.807, 2.05) is 6.08 Å². The van der Waals surface area contributed by atoms with Crippen LogP contribution in [0.2, 0.25) is 0 Å². The van der Waals surface area contributed by atoms with E-state index in [-0.39, 0.29) is 22.4 Å². The van der Waals surface area contributed by atoms with Crippen LogP contribution in [0.4, 0.5) is 0 Å². The van der Waals surface area contributed by atoms with Gasteiger partial charge >= 0.3 is 22.4 Å². The fourth-order valence-electron chi connectivity index (χ4n) is 0.381. The van der Waals surface area contributed by atoms with Crippen molar-refractivity contribution in [2.45, 2.75) is 0 Å². The van der Waals surface area contributed by atoms with Gasteiger partial charge in [-0.25, -0.2) is 6.08 Å². The smallest absolute Gasteiger partial charge is 0.556 e. The monoisotopic (exact) mass is 280 g/mol. The van der Waals surface area contributed by atoms with Crippen LogP contribution in [0.1, 0.15) is 0 Å². The van der Waals surface area contributed by atoms with Gasteiger partial charge in [-0.3, -0.25) is 0 Å². The minimum Gasteiger partial charge on any atom is -0.556 e. The molecule has 0 saturated carbocycles. The molecule has 0 unspecified atom stereocenters. The fraction of sp³-hybridized carbons (Fsp3) is 0.500. The molecule has 0 aliphatic carbocycles. The summed E-state index contributed by atoms with van der Waals surface area (Å²) in [6.45, 7) is 1.81. The molecular formula is C4H7AuN2. The van der Waals surface area contributed by atoms with Gasteiger partial charge in [0, 0.05) is 6.67 Å². The van der Waals surface area contributed by atoms with Crippen molar-refractivity contribution in [2.75, 3.05) is 13.2 Å². The first kappa shape index (κ1) is 7.24. The Kier molecular flexibility index (Phi) is 4.55. The first-order valence-electron chi connectivity index (χ1n) is 2.01. The molecule has 1 aliphatic heterocycles. The maximum Gasteiger partial charge on any atom is 1.00 e. The molecule has 0 saturated heterocycles. The molecule has 0 fully saturated rings. The number of rotatable bonds is 0. The molecule has 44 valence electrons. The Balaban J connectivity index is 0.000000360. The Bertz CT molecular complexity index is 54.7. The molecule has 0 aromatic carbocycles. The van der Waals surface area contributed by atoms with Crippen LogP contribution in [0.3, 0.4) is 0 Å². The summed E-state index contributed by atoms with van der Waals surface area (Å²) in [6, 6.07) is 0. The van der Waals surface area contributed by atoms with Crippen molar-refractivity contribution < 1.29 is 22.4 Å². The summed E-state index contributed by atoms with van der Waals surface area (Å²) in [5.41, 5.74) is 0. The van der Waals surface area contributed by atoms with Gasteiger partial charge in [-0.1, -0.05) is 0 Å². The van der Waals surface area contributed by atoms with Gasteiger partial charge in [-0.15, -0.1) is 0 Å². The quantitative estimate of drug-likeness (QED) is 0.460. The number of hydrogen-bond acceptors (Lipinski definition) is 2. The van der Waals surface area contributed by atoms with E-state index in [0.29, 0.717) is 0 Å². The molecule has 0 atom stereocenters. The van der Waals surface area contributed by atoms with Gasteiger partial charge in [0.25, 0.3) is 0 Å². The van der Waals surface area contributed by atoms with E-state index in [2.05, 4.69) is 16.8 Å². The third-order valence-corrected chi connectivity index (χ3v) is 0.664. The van der Waals surface area contributed by atoms with Crippen molar-refractivity contribution in [2.24, 2.45) is 0 Å². The minimum absolute atomic E-state index is 0. The third kappa shape index (κ3) is 2.88. The van der Waals surface area contributed by atoms with Crippen molar-refractivity contribution in [3.63, 3.8) is 0 Å². The minimum atomic E-state index is 0. The third-order valence-electron chi connectivity index (χ3n) is 0.664. The maximum atomic E-state index is 3.06. The summed E-state index contributed by atoms with van der Waals surface area (Å²) in [4.78, 5) is 0. The van der Waals surface area contributed by atoms with E-state index in [4.69, 9.17) is 0 Å². The van der Waals surface area contributed by atoms with Gasteiger partial charge < -0.3 is 16.8 Å². The first-order valence-corrected chi connectivity index (χ1v) is 2.01. The van der Waals surface area contributed by atoms with E-state index in [1.54, 1.807) is 0 Å². The summed E-state index contributed by atoms with van der Waals surface area (Å²) in [5.74, 6) is 0. The molecule has 0 bridgehead atoms. The molecule has 1 rings (SSSR count). The molecule has 2 nitrogen and oxygen atoms in total. The van der Waals surface area contributed by atoms with Crippen LogP contribution in [0.5, 0.6) is 0 Å². The van der Waals surface area contributed by atoms with Crippen molar-refractivity contribution in [3.05, 3.63) is 12.3 Å². The molecule has 0 aromatic rings. The first-order chi connectivity index (χ1) is 3.00. The molecule has 0 spiro atoms. The Morgan fingerprint density at radius 3 is 2.57 bits per heavy atom. The zero-order chi connectivity index (χ0) is 4.24. The molecule has 1 aliphatic rings. The molecule has 7 heavy (non-hydrogen) atoms. The van der Waals surface area contributed by atoms with Crippen LogP contribution in [0.15, 0.2) is 6.08 Å². The topological polar surface area (TPSA) is 24.1 Å². The van der Waals surface area contributed by atoms with E-state index in [9.17, 15) is 0 Å². The Hall–Kier alpha value is 0.240. The molecule has 0 radical (unpaired) electrons. The van der Waals surface area contributed by atoms with Crippen LogP contribution in [0.25, 0.3) is 0 Å². The number of hydrogen-bond donors (Lipinski definition) is 2. The normalized spacial score (nSPS) is 17.1. The predicted octanol–water partition coefficient (Wildman–Crippen LogP) is -0.549. The summed E-state index contributed by atoms with van der Waals surface area (Å²) < 4.78 is 0. The second kappa shape index (κ2) is 4.40. The van der Waals surface area contributed by atoms with Gasteiger partial charge in [-0.2, -0.15) is 0 Å². The van der Waals surface area contributed by atoms with Gasteiger partial charge in [0.05, 0.1) is 0 Å². The molecular weight excluding hydrogens is 273 g/mol. The average molecular weight is 280 g/mol. The van der Waals surface area contributed by atoms with Crippen LogP contribution in [-0.4, -0.2) is 13.2 Å². The second-order valence-corrected chi connectivity index (χ2v) is 1.16. The van der Waals surface area contributed by atoms with E-state index in [1.165, 1.54) is 0 Å². The van der Waals surface area contributed by atoms with Crippen LogP contribution < -0.4 is 10.6 Å². The standard InChI is InChI=1S/C4H7N2.Au/c1-2-5-4-6-3-1;/h1,5-6H,2,4H2;/q-1;+1. The van der Waals surface area contributed by atoms with E-state index < -0.39 is 0 Å². The summed E-state index contributed by atoms with van der Waals surface area (Å²) in [6.07, 6.45) is 4.77. The van der Waals surface area contributed by atoms with Crippen LogP contribution >= 0.6 is 0 Å². The number of nitrogens with one attached hydrogen (secondary N) is 2. The SMILES string of the molecule is [Au+].[C-]1=CCNCN1. The fourth-order valence-corrected chi connectivity index (χ4v) is 0.381. The predicted molar refractivity (Wildman–Crippen MR) is 23.8 cm³/mol. The second-order valence-electron chi connectivity index (χ2n) is 1.16. The van der Waals surface area contributed by atoms with Crippen LogP contribution in [-0.2, 0) is 22.4 Å². The summed E-state index contributed by atoms with van der Waals surface area (Å²) in [7, 11) is 0. The maximum absolute atomic E-state index is 3.06. The van der Waals surface area contributed by atoms with Gasteiger partial charge in [0.2, 0.25) is 0 Å². The summed E-state index contributed by atoms with van der Waals surface area (Å²) >= 11 is 0. The van der Waals surface area contributed by atoms with Crippen molar-refractivity contribution in [3.8, 4) is 0 Å². The zero-order valence-corrected chi connectivity index (χ0v) is 5.96. The van der Waals surface area contributed by atoms with E-state index >= 15 is 0 Å². The summed E-state index contributed by atoms with van der Waals surface area (Å²) in [5, 5.41) is 5.92. The average Bonchev–Trinajstić information content (AvgIpc) is 1.72. The van der Waals surface area contributed by atoms with Crippen molar-refractivity contribution in [1.82, 2.24) is 10.6 Å². The zero-order valence-electron chi connectivity index (χ0n) is 3.79. The van der Waals surface area contributed by atoms with Gasteiger partial charge in [0.15, 0.2) is 0 Å². The molecule has 2 N–H and O–H groups in total. The molecule has 1 heterocycles. The van der Waals surface area contributed by atoms with Gasteiger partial charge in [-0.05, 0) is 6.54 Å². The Morgan fingerprint density at radius 2 is 2.43 bits per heavy atom. The van der Waals surface area contributed by atoms with E-state index in [0.717, 1.165) is 13.2 Å². The molecule has 3 heteroatoms. The van der Waals surface area contributed by atoms with Gasteiger partial charge in [0.1, 0.15) is 0 Å². The van der Waals surface area contributed by atoms with Crippen molar-refractivity contribution >= 4 is 0 Å². The molecule has 0 aromatic heterocycles. The van der Waals surface area contributed by atoms with Crippen molar-refractivity contribution in [1.29, 1.82) is 0 Å². The Morgan fingerprint density at radius 1 is 1.57 bits per heavy atom. The largest absolute Gasteiger partial charge is 1.00 e. The Labute approximate surface area is 58.9 Å². The van der Waals surface area contributed by atoms with Crippen LogP contribution in [0, 0.1) is 6.20 Å². The molecule has 0 amide bonds.